The molecule has 1 atom stereocenters. The molecule has 12 heteroatoms. The number of ether oxygens (including phenoxy) is 1. The number of anilines is 1. The number of aliphatic hydroxyl groups excluding tert-OH is 1. The summed E-state index contributed by atoms with van der Waals surface area (Å²) in [6.45, 7) is 6.36. The first-order valence-corrected chi connectivity index (χ1v) is 11.4. The summed E-state index contributed by atoms with van der Waals surface area (Å²) in [7, 11) is 0. The number of carboxylic acid groups (broad SMARTS) is 1. The highest BCUT2D eigenvalue weighted by molar-refractivity contribution is 5.75. The molecule has 3 aromatic heterocycles. The number of hydrogen-bond donors (Lipinski definition) is 5. The fourth-order valence-corrected chi connectivity index (χ4v) is 3.06. The first-order valence-electron chi connectivity index (χ1n) is 11.4. The second kappa shape index (κ2) is 14.4. The third-order valence-electron chi connectivity index (χ3n) is 4.86. The first-order chi connectivity index (χ1) is 17.2. The van der Waals surface area contributed by atoms with Gasteiger partial charge in [-0.3, -0.25) is 19.1 Å². The SMILES string of the molecule is CC(C)Cc1ccc(C(C)C(=O)O)cc1.Nc1nc2c(ncn2COCCO)c(=O)[nH]1.c1c[nH]cn1. The minimum atomic E-state index is -0.772. The number of carboxylic acids is 1. The average Bonchev–Trinajstić information content (AvgIpc) is 3.54. The van der Waals surface area contributed by atoms with Gasteiger partial charge in [0, 0.05) is 12.4 Å². The van der Waals surface area contributed by atoms with Crippen molar-refractivity contribution in [1.82, 2.24) is 29.5 Å². The molecule has 1 aromatic carbocycles. The maximum atomic E-state index is 11.4. The van der Waals surface area contributed by atoms with Crippen molar-refractivity contribution in [2.45, 2.75) is 39.8 Å². The number of aliphatic hydroxyl groups is 1. The van der Waals surface area contributed by atoms with Crippen LogP contribution in [0.4, 0.5) is 5.95 Å². The van der Waals surface area contributed by atoms with Gasteiger partial charge in [-0.2, -0.15) is 4.98 Å². The lowest BCUT2D eigenvalue weighted by Gasteiger charge is -2.09. The summed E-state index contributed by atoms with van der Waals surface area (Å²) in [5.41, 5.74) is 7.74. The monoisotopic (exact) mass is 499 g/mol. The van der Waals surface area contributed by atoms with Crippen LogP contribution in [-0.4, -0.2) is 58.9 Å². The van der Waals surface area contributed by atoms with Crippen LogP contribution in [0.2, 0.25) is 0 Å². The van der Waals surface area contributed by atoms with Crippen molar-refractivity contribution in [2.24, 2.45) is 5.92 Å². The number of hydrogen-bond acceptors (Lipinski definition) is 8. The molecule has 0 fully saturated rings. The van der Waals surface area contributed by atoms with E-state index in [2.05, 4.69) is 38.8 Å². The van der Waals surface area contributed by atoms with E-state index < -0.39 is 11.9 Å². The number of aromatic amines is 2. The summed E-state index contributed by atoms with van der Waals surface area (Å²) in [6.07, 6.45) is 7.56. The van der Waals surface area contributed by atoms with Crippen molar-refractivity contribution >= 4 is 23.1 Å². The second-order valence-corrected chi connectivity index (χ2v) is 8.26. The van der Waals surface area contributed by atoms with Crippen LogP contribution in [0.25, 0.3) is 11.2 Å². The number of H-pyrrole nitrogens is 2. The van der Waals surface area contributed by atoms with Crippen LogP contribution >= 0.6 is 0 Å². The normalized spacial score (nSPS) is 11.4. The molecule has 0 saturated carbocycles. The van der Waals surface area contributed by atoms with E-state index in [1.165, 1.54) is 16.5 Å². The van der Waals surface area contributed by atoms with Crippen LogP contribution in [0.15, 0.2) is 54.1 Å². The Bertz CT molecular complexity index is 1220. The van der Waals surface area contributed by atoms with E-state index >= 15 is 0 Å². The first kappa shape index (κ1) is 28.2. The molecule has 36 heavy (non-hydrogen) atoms. The Balaban J connectivity index is 0.000000213. The highest BCUT2D eigenvalue weighted by Crippen LogP contribution is 2.17. The maximum Gasteiger partial charge on any atom is 0.310 e. The minimum Gasteiger partial charge on any atom is -0.481 e. The average molecular weight is 500 g/mol. The molecule has 0 spiro atoms. The van der Waals surface area contributed by atoms with Gasteiger partial charge in [-0.25, -0.2) is 9.97 Å². The van der Waals surface area contributed by atoms with Crippen LogP contribution in [0.1, 0.15) is 37.8 Å². The van der Waals surface area contributed by atoms with E-state index in [-0.39, 0.29) is 37.0 Å². The van der Waals surface area contributed by atoms with Crippen LogP contribution in [0.5, 0.6) is 0 Å². The summed E-state index contributed by atoms with van der Waals surface area (Å²) in [6, 6.07) is 7.87. The van der Waals surface area contributed by atoms with Crippen LogP contribution in [-0.2, 0) is 22.7 Å². The number of nitrogen functional groups attached to an aromatic ring is 1. The quantitative estimate of drug-likeness (QED) is 0.226. The second-order valence-electron chi connectivity index (χ2n) is 8.26. The van der Waals surface area contributed by atoms with E-state index in [0.29, 0.717) is 11.6 Å². The van der Waals surface area contributed by atoms with Crippen molar-refractivity contribution in [2.75, 3.05) is 18.9 Å². The molecule has 0 radical (unpaired) electrons. The fourth-order valence-electron chi connectivity index (χ4n) is 3.06. The van der Waals surface area contributed by atoms with E-state index in [1.54, 1.807) is 25.6 Å². The van der Waals surface area contributed by atoms with Gasteiger partial charge < -0.3 is 25.7 Å². The predicted octanol–water partition coefficient (Wildman–Crippen LogP) is 2.15. The summed E-state index contributed by atoms with van der Waals surface area (Å²) >= 11 is 0. The van der Waals surface area contributed by atoms with Gasteiger partial charge in [-0.1, -0.05) is 38.1 Å². The van der Waals surface area contributed by atoms with E-state index in [4.69, 9.17) is 20.7 Å². The van der Waals surface area contributed by atoms with Gasteiger partial charge in [-0.15, -0.1) is 0 Å². The zero-order chi connectivity index (χ0) is 26.5. The molecular weight excluding hydrogens is 466 g/mol. The number of aliphatic carboxylic acids is 1. The molecule has 0 aliphatic rings. The van der Waals surface area contributed by atoms with Gasteiger partial charge in [-0.05, 0) is 30.4 Å². The van der Waals surface area contributed by atoms with Crippen molar-refractivity contribution in [3.8, 4) is 0 Å². The van der Waals surface area contributed by atoms with Crippen LogP contribution < -0.4 is 11.3 Å². The molecule has 6 N–H and O–H groups in total. The predicted molar refractivity (Wildman–Crippen MR) is 135 cm³/mol. The van der Waals surface area contributed by atoms with Gasteiger partial charge in [0.05, 0.1) is 31.8 Å². The number of carbonyl (C=O) groups is 1. The zero-order valence-corrected chi connectivity index (χ0v) is 20.6. The third kappa shape index (κ3) is 8.96. The number of fused-ring (bicyclic) bond motifs is 1. The van der Waals surface area contributed by atoms with Gasteiger partial charge >= 0.3 is 5.97 Å². The van der Waals surface area contributed by atoms with Gasteiger partial charge in [0.2, 0.25) is 5.95 Å². The molecule has 0 aliphatic carbocycles. The smallest absolute Gasteiger partial charge is 0.310 e. The number of imidazole rings is 2. The standard InChI is InChI=1S/C13H18O2.C8H11N5O3.C3H4N2/c1-9(2)8-11-4-6-12(7-5-11)10(3)13(14)15;9-8-11-6-5(7(15)12-8)10-3-13(6)4-16-2-1-14;1-2-5-3-4-1/h4-7,9-10H,8H2,1-3H3,(H,14,15);3,14H,1-2,4H2,(H3,9,11,12,15);1-3H,(H,4,5). The Labute approximate surface area is 208 Å². The lowest BCUT2D eigenvalue weighted by atomic mass is 9.97. The van der Waals surface area contributed by atoms with E-state index in [0.717, 1.165) is 12.0 Å². The van der Waals surface area contributed by atoms with Crippen LogP contribution in [0.3, 0.4) is 0 Å². The minimum absolute atomic E-state index is 0.0291. The maximum absolute atomic E-state index is 11.4. The largest absolute Gasteiger partial charge is 0.481 e. The molecule has 0 amide bonds. The molecule has 4 aromatic rings. The number of benzene rings is 1. The van der Waals surface area contributed by atoms with Crippen molar-refractivity contribution < 1.29 is 19.7 Å². The Morgan fingerprint density at radius 2 is 1.94 bits per heavy atom. The lowest BCUT2D eigenvalue weighted by Crippen LogP contribution is -2.13. The number of nitrogens with zero attached hydrogens (tertiary/aromatic N) is 4. The fraction of sp³-hybridized carbons (Fsp3) is 0.375. The summed E-state index contributed by atoms with van der Waals surface area (Å²) in [5.74, 6) is -0.529. The number of nitrogens with two attached hydrogens (primary N) is 1. The molecule has 0 bridgehead atoms. The highest BCUT2D eigenvalue weighted by atomic mass is 16.5. The molecular formula is C24H33N7O5. The van der Waals surface area contributed by atoms with Crippen LogP contribution in [0, 0.1) is 5.92 Å². The van der Waals surface area contributed by atoms with E-state index in [9.17, 15) is 9.59 Å². The van der Waals surface area contributed by atoms with Gasteiger partial charge in [0.1, 0.15) is 6.73 Å². The molecule has 3 heterocycles. The van der Waals surface area contributed by atoms with Crippen molar-refractivity contribution in [1.29, 1.82) is 0 Å². The van der Waals surface area contributed by atoms with E-state index in [1.807, 2.05) is 24.3 Å². The van der Waals surface area contributed by atoms with Crippen molar-refractivity contribution in [3.05, 3.63) is 70.8 Å². The van der Waals surface area contributed by atoms with Crippen molar-refractivity contribution in [3.63, 3.8) is 0 Å². The van der Waals surface area contributed by atoms with Gasteiger partial charge in [0.15, 0.2) is 11.2 Å². The Kier molecular flexibility index (Phi) is 11.3. The molecule has 4 rings (SSSR count). The Hall–Kier alpha value is -4.03. The topological polar surface area (TPSA) is 185 Å². The molecule has 1 unspecified atom stereocenters. The molecule has 194 valence electrons. The Morgan fingerprint density at radius 3 is 2.47 bits per heavy atom. The molecule has 0 saturated heterocycles. The number of nitrogens with one attached hydrogen (secondary N) is 2. The number of rotatable bonds is 8. The summed E-state index contributed by atoms with van der Waals surface area (Å²) < 4.78 is 6.63. The summed E-state index contributed by atoms with van der Waals surface area (Å²) in [4.78, 5) is 38.8. The Morgan fingerprint density at radius 1 is 1.22 bits per heavy atom. The lowest BCUT2D eigenvalue weighted by molar-refractivity contribution is -0.138. The molecule has 12 nitrogen and oxygen atoms in total. The van der Waals surface area contributed by atoms with Gasteiger partial charge in [0.25, 0.3) is 5.56 Å². The number of aromatic nitrogens is 6. The molecule has 0 aliphatic heterocycles. The summed E-state index contributed by atoms with van der Waals surface area (Å²) in [5, 5.41) is 17.4. The zero-order valence-electron chi connectivity index (χ0n) is 20.6. The third-order valence-corrected chi connectivity index (χ3v) is 4.86. The highest BCUT2D eigenvalue weighted by Gasteiger charge is 2.13.